The maximum absolute atomic E-state index is 13.0. The zero-order valence-electron chi connectivity index (χ0n) is 15.4. The number of hydrogen-bond acceptors (Lipinski definition) is 5. The molecule has 6 heteroatoms. The Morgan fingerprint density at radius 2 is 1.86 bits per heavy atom. The van der Waals surface area contributed by atoms with Gasteiger partial charge < -0.3 is 9.15 Å². The van der Waals surface area contributed by atoms with E-state index in [1.54, 1.807) is 36.4 Å². The van der Waals surface area contributed by atoms with Gasteiger partial charge in [-0.25, -0.2) is 9.18 Å². The SMILES string of the molecule is Cc1c(C(=O)Oc2ccccc2)oc2c1/C(=N/Nc1ccc(F)cc1)CCC2. The van der Waals surface area contributed by atoms with Crippen molar-refractivity contribution in [1.82, 2.24) is 0 Å². The summed E-state index contributed by atoms with van der Waals surface area (Å²) < 4.78 is 24.3. The van der Waals surface area contributed by atoms with Gasteiger partial charge in [-0.1, -0.05) is 18.2 Å². The smallest absolute Gasteiger partial charge is 0.379 e. The highest BCUT2D eigenvalue weighted by Gasteiger charge is 2.29. The van der Waals surface area contributed by atoms with E-state index in [4.69, 9.17) is 9.15 Å². The molecule has 0 unspecified atom stereocenters. The molecule has 1 aliphatic carbocycles. The molecule has 4 rings (SSSR count). The Hall–Kier alpha value is -3.41. The molecule has 0 radical (unpaired) electrons. The standard InChI is InChI=1S/C22H19FN2O3/c1-14-20-18(25-24-16-12-10-15(23)11-13-16)8-5-9-19(20)28-21(14)22(26)27-17-6-3-2-4-7-17/h2-4,6-7,10-13,24H,5,8-9H2,1H3/b25-18+. The number of hydrazone groups is 1. The molecule has 0 saturated heterocycles. The first-order valence-corrected chi connectivity index (χ1v) is 9.10. The lowest BCUT2D eigenvalue weighted by molar-refractivity contribution is 0.0698. The Morgan fingerprint density at radius 1 is 1.11 bits per heavy atom. The van der Waals surface area contributed by atoms with Gasteiger partial charge in [0.25, 0.3) is 0 Å². The van der Waals surface area contributed by atoms with E-state index in [9.17, 15) is 9.18 Å². The highest BCUT2D eigenvalue weighted by Crippen LogP contribution is 2.30. The Kier molecular flexibility index (Phi) is 4.93. The van der Waals surface area contributed by atoms with Crippen molar-refractivity contribution >= 4 is 17.4 Å². The van der Waals surface area contributed by atoms with Gasteiger partial charge in [0.1, 0.15) is 17.3 Å². The van der Waals surface area contributed by atoms with Crippen LogP contribution in [0.15, 0.2) is 64.1 Å². The number of ether oxygens (including phenoxy) is 1. The van der Waals surface area contributed by atoms with Crippen molar-refractivity contribution < 1.29 is 18.3 Å². The zero-order chi connectivity index (χ0) is 19.5. The average molecular weight is 378 g/mol. The van der Waals surface area contributed by atoms with Gasteiger partial charge in [-0.15, -0.1) is 0 Å². The number of anilines is 1. The largest absolute Gasteiger partial charge is 0.453 e. The fourth-order valence-electron chi connectivity index (χ4n) is 3.27. The zero-order valence-corrected chi connectivity index (χ0v) is 15.4. The van der Waals surface area contributed by atoms with Crippen LogP contribution in [0.2, 0.25) is 0 Å². The molecule has 5 nitrogen and oxygen atoms in total. The number of carbonyl (C=O) groups is 1. The van der Waals surface area contributed by atoms with Crippen molar-refractivity contribution in [3.63, 3.8) is 0 Å². The molecule has 142 valence electrons. The Morgan fingerprint density at radius 3 is 2.61 bits per heavy atom. The van der Waals surface area contributed by atoms with Gasteiger partial charge in [0.15, 0.2) is 0 Å². The van der Waals surface area contributed by atoms with Crippen molar-refractivity contribution in [2.45, 2.75) is 26.2 Å². The molecule has 1 aliphatic rings. The third-order valence-corrected chi connectivity index (χ3v) is 4.63. The van der Waals surface area contributed by atoms with E-state index in [2.05, 4.69) is 10.5 Å². The topological polar surface area (TPSA) is 63.8 Å². The van der Waals surface area contributed by atoms with Gasteiger partial charge in [0, 0.05) is 17.5 Å². The van der Waals surface area contributed by atoms with Crippen LogP contribution in [-0.2, 0) is 6.42 Å². The van der Waals surface area contributed by atoms with Crippen LogP contribution in [0.3, 0.4) is 0 Å². The van der Waals surface area contributed by atoms with Crippen molar-refractivity contribution in [1.29, 1.82) is 0 Å². The van der Waals surface area contributed by atoms with E-state index in [0.717, 1.165) is 41.9 Å². The van der Waals surface area contributed by atoms with Crippen LogP contribution < -0.4 is 10.2 Å². The molecule has 1 N–H and O–H groups in total. The third-order valence-electron chi connectivity index (χ3n) is 4.63. The van der Waals surface area contributed by atoms with Crippen LogP contribution in [0, 0.1) is 12.7 Å². The summed E-state index contributed by atoms with van der Waals surface area (Å²) in [6.45, 7) is 1.84. The predicted molar refractivity (Wildman–Crippen MR) is 104 cm³/mol. The molecule has 0 bridgehead atoms. The molecule has 0 amide bonds. The molecule has 1 heterocycles. The van der Waals surface area contributed by atoms with Crippen LogP contribution in [0.25, 0.3) is 0 Å². The molecule has 28 heavy (non-hydrogen) atoms. The maximum atomic E-state index is 13.0. The number of fused-ring (bicyclic) bond motifs is 1. The van der Waals surface area contributed by atoms with Gasteiger partial charge in [0.05, 0.1) is 11.4 Å². The quantitative estimate of drug-likeness (QED) is 0.390. The molecular formula is C22H19FN2O3. The van der Waals surface area contributed by atoms with Crippen LogP contribution in [0.4, 0.5) is 10.1 Å². The van der Waals surface area contributed by atoms with E-state index < -0.39 is 5.97 Å². The van der Waals surface area contributed by atoms with Gasteiger partial charge >= 0.3 is 5.97 Å². The summed E-state index contributed by atoms with van der Waals surface area (Å²) in [6, 6.07) is 14.9. The molecule has 0 spiro atoms. The molecule has 1 aromatic heterocycles. The first-order valence-electron chi connectivity index (χ1n) is 9.10. The van der Waals surface area contributed by atoms with E-state index in [0.29, 0.717) is 11.4 Å². The first-order chi connectivity index (χ1) is 13.6. The summed E-state index contributed by atoms with van der Waals surface area (Å²) in [6.07, 6.45) is 2.37. The molecule has 2 aromatic carbocycles. The highest BCUT2D eigenvalue weighted by molar-refractivity contribution is 6.06. The number of hydrogen-bond donors (Lipinski definition) is 1. The summed E-state index contributed by atoms with van der Waals surface area (Å²) in [5.74, 6) is 0.580. The molecule has 0 aliphatic heterocycles. The summed E-state index contributed by atoms with van der Waals surface area (Å²) in [7, 11) is 0. The summed E-state index contributed by atoms with van der Waals surface area (Å²) in [5, 5.41) is 4.47. The Balaban J connectivity index is 1.59. The maximum Gasteiger partial charge on any atom is 0.379 e. The minimum Gasteiger partial charge on any atom is -0.453 e. The number of aryl methyl sites for hydroxylation is 1. The second-order valence-electron chi connectivity index (χ2n) is 6.59. The average Bonchev–Trinajstić information content (AvgIpc) is 3.06. The highest BCUT2D eigenvalue weighted by atomic mass is 19.1. The number of halogens is 1. The normalized spacial score (nSPS) is 14.6. The minimum atomic E-state index is -0.524. The van der Waals surface area contributed by atoms with Gasteiger partial charge in [-0.2, -0.15) is 5.10 Å². The van der Waals surface area contributed by atoms with Crippen molar-refractivity contribution in [3.8, 4) is 5.75 Å². The fourth-order valence-corrected chi connectivity index (χ4v) is 3.27. The van der Waals surface area contributed by atoms with Gasteiger partial charge in [-0.05, 0) is 56.2 Å². The molecule has 0 atom stereocenters. The lowest BCUT2D eigenvalue weighted by Crippen LogP contribution is -2.13. The second-order valence-corrected chi connectivity index (χ2v) is 6.59. The van der Waals surface area contributed by atoms with E-state index >= 15 is 0 Å². The van der Waals surface area contributed by atoms with Gasteiger partial charge in [-0.3, -0.25) is 5.43 Å². The molecule has 0 saturated carbocycles. The third kappa shape index (κ3) is 3.67. The monoisotopic (exact) mass is 378 g/mol. The van der Waals surface area contributed by atoms with Crippen LogP contribution in [-0.4, -0.2) is 11.7 Å². The number of esters is 1. The van der Waals surface area contributed by atoms with E-state index in [1.807, 2.05) is 13.0 Å². The van der Waals surface area contributed by atoms with E-state index in [-0.39, 0.29) is 11.6 Å². The number of rotatable bonds is 4. The molecule has 0 fully saturated rings. The lowest BCUT2D eigenvalue weighted by Gasteiger charge is -2.13. The minimum absolute atomic E-state index is 0.199. The summed E-state index contributed by atoms with van der Waals surface area (Å²) >= 11 is 0. The van der Waals surface area contributed by atoms with Crippen molar-refractivity contribution in [2.75, 3.05) is 5.43 Å². The van der Waals surface area contributed by atoms with Crippen molar-refractivity contribution in [3.05, 3.63) is 83.1 Å². The van der Waals surface area contributed by atoms with Gasteiger partial charge in [0.2, 0.25) is 5.76 Å². The van der Waals surface area contributed by atoms with Crippen LogP contribution in [0.1, 0.15) is 40.3 Å². The lowest BCUT2D eigenvalue weighted by atomic mass is 9.93. The summed E-state index contributed by atoms with van der Waals surface area (Å²) in [5.41, 5.74) is 6.01. The second kappa shape index (κ2) is 7.68. The number of benzene rings is 2. The number of carbonyl (C=O) groups excluding carboxylic acids is 1. The summed E-state index contributed by atoms with van der Waals surface area (Å²) in [4.78, 5) is 12.6. The predicted octanol–water partition coefficient (Wildman–Crippen LogP) is 5.10. The van der Waals surface area contributed by atoms with Crippen LogP contribution >= 0.6 is 0 Å². The molecule has 3 aromatic rings. The number of nitrogens with one attached hydrogen (secondary N) is 1. The Labute approximate surface area is 161 Å². The van der Waals surface area contributed by atoms with Crippen molar-refractivity contribution in [2.24, 2.45) is 5.10 Å². The number of furan rings is 1. The molecular weight excluding hydrogens is 359 g/mol. The fraction of sp³-hybridized carbons (Fsp3) is 0.182. The number of para-hydroxylation sites is 1. The van der Waals surface area contributed by atoms with E-state index in [1.165, 1.54) is 12.1 Å². The first kappa shape index (κ1) is 18.0. The Bertz CT molecular complexity index is 1020. The van der Waals surface area contributed by atoms with Crippen LogP contribution in [0.5, 0.6) is 5.75 Å². The number of nitrogens with zero attached hydrogens (tertiary/aromatic N) is 1.